The zero-order valence-corrected chi connectivity index (χ0v) is 18.1. The second kappa shape index (κ2) is 8.28. The van der Waals surface area contributed by atoms with Crippen LogP contribution in [0, 0.1) is 20.8 Å². The third kappa shape index (κ3) is 4.69. The van der Waals surface area contributed by atoms with Crippen molar-refractivity contribution in [2.75, 3.05) is 4.72 Å². The quantitative estimate of drug-likeness (QED) is 0.582. The molecule has 146 valence electrons. The maximum Gasteiger partial charge on any atom is 0.263 e. The molecular weight excluding hydrogens is 442 g/mol. The highest BCUT2D eigenvalue weighted by Crippen LogP contribution is 2.28. The molecule has 0 unspecified atom stereocenters. The number of benzene rings is 2. The number of ether oxygens (including phenoxy) is 1. The summed E-state index contributed by atoms with van der Waals surface area (Å²) in [6.07, 6.45) is 1.42. The highest BCUT2D eigenvalue weighted by molar-refractivity contribution is 9.10. The van der Waals surface area contributed by atoms with Gasteiger partial charge in [0, 0.05) is 0 Å². The summed E-state index contributed by atoms with van der Waals surface area (Å²) in [7, 11) is -3.86. The van der Waals surface area contributed by atoms with Gasteiger partial charge in [0.25, 0.3) is 15.9 Å². The topological polar surface area (TPSA) is 81.2 Å². The summed E-state index contributed by atoms with van der Waals surface area (Å²) in [6.45, 7) is 5.71. The van der Waals surface area contributed by atoms with Crippen LogP contribution in [-0.4, -0.2) is 18.4 Å². The van der Waals surface area contributed by atoms with Crippen LogP contribution in [-0.2, 0) is 16.6 Å². The minimum Gasteiger partial charge on any atom is -0.470 e. The van der Waals surface area contributed by atoms with E-state index in [0.717, 1.165) is 11.1 Å². The Kier molecular flexibility index (Phi) is 6.00. The Hall–Kier alpha value is -2.45. The van der Waals surface area contributed by atoms with Crippen molar-refractivity contribution >= 4 is 31.8 Å². The van der Waals surface area contributed by atoms with Gasteiger partial charge in [-0.25, -0.2) is 18.4 Å². The van der Waals surface area contributed by atoms with Crippen LogP contribution in [0.3, 0.4) is 0 Å². The fourth-order valence-corrected chi connectivity index (χ4v) is 4.74. The van der Waals surface area contributed by atoms with Gasteiger partial charge in [-0.3, -0.25) is 4.72 Å². The van der Waals surface area contributed by atoms with Crippen molar-refractivity contribution in [3.05, 3.63) is 75.5 Å². The van der Waals surface area contributed by atoms with Gasteiger partial charge in [-0.1, -0.05) is 48.0 Å². The summed E-state index contributed by atoms with van der Waals surface area (Å²) in [4.78, 5) is 8.62. The van der Waals surface area contributed by atoms with Crippen LogP contribution in [0.5, 0.6) is 5.88 Å². The van der Waals surface area contributed by atoms with E-state index in [9.17, 15) is 8.42 Å². The molecule has 1 heterocycles. The van der Waals surface area contributed by atoms with Crippen LogP contribution in [0.1, 0.15) is 22.3 Å². The van der Waals surface area contributed by atoms with Gasteiger partial charge in [-0.15, -0.1) is 0 Å². The van der Waals surface area contributed by atoms with Gasteiger partial charge in [0.1, 0.15) is 11.2 Å². The van der Waals surface area contributed by atoms with Gasteiger partial charge in [0.15, 0.2) is 0 Å². The maximum absolute atomic E-state index is 13.0. The summed E-state index contributed by atoms with van der Waals surface area (Å²) in [6, 6.07) is 13.2. The number of hydrogen-bond acceptors (Lipinski definition) is 5. The van der Waals surface area contributed by atoms with E-state index in [2.05, 4.69) is 30.6 Å². The molecule has 0 aliphatic heterocycles. The van der Waals surface area contributed by atoms with Gasteiger partial charge >= 0.3 is 0 Å². The second-order valence-corrected chi connectivity index (χ2v) is 8.89. The van der Waals surface area contributed by atoms with E-state index < -0.39 is 10.0 Å². The zero-order chi connectivity index (χ0) is 20.3. The molecule has 0 amide bonds. The first-order valence-corrected chi connectivity index (χ1v) is 10.8. The fourth-order valence-electron chi connectivity index (χ4n) is 3.02. The molecular formula is C20H20BrN3O3S. The fraction of sp³-hybridized carbons (Fsp3) is 0.200. The molecule has 3 aromatic rings. The summed E-state index contributed by atoms with van der Waals surface area (Å²) in [5.74, 6) is 0.141. The third-order valence-electron chi connectivity index (χ3n) is 4.03. The smallest absolute Gasteiger partial charge is 0.263 e. The van der Waals surface area contributed by atoms with Crippen molar-refractivity contribution < 1.29 is 13.2 Å². The zero-order valence-electron chi connectivity index (χ0n) is 15.7. The Morgan fingerprint density at radius 2 is 1.71 bits per heavy atom. The van der Waals surface area contributed by atoms with Crippen molar-refractivity contribution in [3.8, 4) is 5.88 Å². The van der Waals surface area contributed by atoms with Crippen molar-refractivity contribution in [1.82, 2.24) is 9.97 Å². The Balaban J connectivity index is 1.92. The monoisotopic (exact) mass is 461 g/mol. The summed E-state index contributed by atoms with van der Waals surface area (Å²) < 4.78 is 34.7. The number of hydrogen-bond donors (Lipinski definition) is 1. The molecule has 0 aliphatic rings. The molecule has 0 saturated heterocycles. The van der Waals surface area contributed by atoms with Crippen molar-refractivity contribution in [3.63, 3.8) is 0 Å². The van der Waals surface area contributed by atoms with Gasteiger partial charge in [-0.05, 0) is 53.4 Å². The minimum absolute atomic E-state index is 0.0403. The lowest BCUT2D eigenvalue weighted by atomic mass is 10.1. The Labute approximate surface area is 173 Å². The molecule has 28 heavy (non-hydrogen) atoms. The Bertz CT molecular complexity index is 1080. The highest BCUT2D eigenvalue weighted by atomic mass is 79.9. The molecule has 1 N–H and O–H groups in total. The molecule has 0 radical (unpaired) electrons. The first kappa shape index (κ1) is 20.3. The van der Waals surface area contributed by atoms with E-state index in [1.165, 1.54) is 6.20 Å². The molecule has 0 bridgehead atoms. The maximum atomic E-state index is 13.0. The lowest BCUT2D eigenvalue weighted by molar-refractivity contribution is 0.294. The van der Waals surface area contributed by atoms with Crippen LogP contribution >= 0.6 is 15.9 Å². The number of sulfonamides is 1. The van der Waals surface area contributed by atoms with Crippen LogP contribution in [0.2, 0.25) is 0 Å². The first-order chi connectivity index (χ1) is 13.3. The Morgan fingerprint density at radius 3 is 2.36 bits per heavy atom. The van der Waals surface area contributed by atoms with E-state index in [0.29, 0.717) is 15.7 Å². The van der Waals surface area contributed by atoms with E-state index in [1.54, 1.807) is 13.8 Å². The molecule has 8 heteroatoms. The normalized spacial score (nSPS) is 11.3. The summed E-state index contributed by atoms with van der Waals surface area (Å²) >= 11 is 3.25. The predicted octanol–water partition coefficient (Wildman–Crippen LogP) is 4.54. The SMILES string of the molecule is Cc1cc(C)c(S(=O)(=O)Nc2ncc(Br)nc2OCc2ccccc2)c(C)c1. The number of halogens is 1. The number of aromatic nitrogens is 2. The molecule has 0 spiro atoms. The molecule has 3 rings (SSSR count). The number of nitrogens with zero attached hydrogens (tertiary/aromatic N) is 2. The molecule has 0 saturated carbocycles. The third-order valence-corrected chi connectivity index (χ3v) is 6.06. The molecule has 2 aromatic carbocycles. The van der Waals surface area contributed by atoms with Crippen LogP contribution in [0.25, 0.3) is 0 Å². The average Bonchev–Trinajstić information content (AvgIpc) is 2.61. The van der Waals surface area contributed by atoms with Crippen molar-refractivity contribution in [2.45, 2.75) is 32.3 Å². The molecule has 0 aliphatic carbocycles. The standard InChI is InChI=1S/C20H20BrN3O3S/c1-13-9-14(2)18(15(3)10-13)28(25,26)24-19-20(23-17(21)11-22-19)27-12-16-7-5-4-6-8-16/h4-11H,12H2,1-3H3,(H,22,24). The second-order valence-electron chi connectivity index (χ2n) is 6.45. The first-order valence-electron chi connectivity index (χ1n) is 8.56. The number of anilines is 1. The van der Waals surface area contributed by atoms with E-state index in [-0.39, 0.29) is 23.2 Å². The van der Waals surface area contributed by atoms with Gasteiger partial charge in [-0.2, -0.15) is 0 Å². The van der Waals surface area contributed by atoms with Crippen molar-refractivity contribution in [1.29, 1.82) is 0 Å². The molecule has 6 nitrogen and oxygen atoms in total. The summed E-state index contributed by atoms with van der Waals surface area (Å²) in [5.41, 5.74) is 3.27. The van der Waals surface area contributed by atoms with Crippen LogP contribution < -0.4 is 9.46 Å². The number of aryl methyl sites for hydroxylation is 3. The minimum atomic E-state index is -3.86. The van der Waals surface area contributed by atoms with Gasteiger partial charge < -0.3 is 4.74 Å². The van der Waals surface area contributed by atoms with Crippen LogP contribution in [0.4, 0.5) is 5.82 Å². The van der Waals surface area contributed by atoms with Gasteiger partial charge in [0.2, 0.25) is 5.82 Å². The molecule has 1 aromatic heterocycles. The summed E-state index contributed by atoms with van der Waals surface area (Å²) in [5, 5.41) is 0. The van der Waals surface area contributed by atoms with E-state index in [1.807, 2.05) is 49.4 Å². The average molecular weight is 462 g/mol. The van der Waals surface area contributed by atoms with Crippen molar-refractivity contribution in [2.24, 2.45) is 0 Å². The van der Waals surface area contributed by atoms with E-state index in [4.69, 9.17) is 4.74 Å². The lowest BCUT2D eigenvalue weighted by Gasteiger charge is -2.15. The number of rotatable bonds is 6. The largest absolute Gasteiger partial charge is 0.470 e. The van der Waals surface area contributed by atoms with E-state index >= 15 is 0 Å². The number of nitrogens with one attached hydrogen (secondary N) is 1. The highest BCUT2D eigenvalue weighted by Gasteiger charge is 2.23. The predicted molar refractivity (Wildman–Crippen MR) is 112 cm³/mol. The van der Waals surface area contributed by atoms with Crippen LogP contribution in [0.15, 0.2) is 58.2 Å². The molecule has 0 fully saturated rings. The Morgan fingerprint density at radius 1 is 1.07 bits per heavy atom. The lowest BCUT2D eigenvalue weighted by Crippen LogP contribution is -2.18. The van der Waals surface area contributed by atoms with Gasteiger partial charge in [0.05, 0.1) is 11.1 Å². The molecule has 0 atom stereocenters.